The molecule has 0 aliphatic heterocycles. The molecule has 0 bridgehead atoms. The number of hydrogen-bond acceptors (Lipinski definition) is 11. The third kappa shape index (κ3) is 2.55. The Labute approximate surface area is 112 Å². The van der Waals surface area contributed by atoms with Gasteiger partial charge in [0.25, 0.3) is 11.9 Å². The summed E-state index contributed by atoms with van der Waals surface area (Å²) in [5.74, 6) is 0.860. The Morgan fingerprint density at radius 1 is 0.600 bits per heavy atom. The van der Waals surface area contributed by atoms with Crippen LogP contribution in [0.1, 0.15) is 0 Å². The second-order valence-corrected chi connectivity index (χ2v) is 3.29. The number of rotatable bonds is 4. The van der Waals surface area contributed by atoms with Gasteiger partial charge in [-0.2, -0.15) is 34.9 Å². The predicted octanol–water partition coefficient (Wildman–Crippen LogP) is -0.593. The molecule has 0 atom stereocenters. The van der Waals surface area contributed by atoms with Gasteiger partial charge >= 0.3 is 0 Å². The zero-order valence-corrected chi connectivity index (χ0v) is 9.94. The second-order valence-electron chi connectivity index (χ2n) is 3.29. The van der Waals surface area contributed by atoms with E-state index in [0.717, 1.165) is 0 Å². The van der Waals surface area contributed by atoms with Gasteiger partial charge in [0.05, 0.1) is 0 Å². The summed E-state index contributed by atoms with van der Waals surface area (Å²) in [4.78, 5) is 35.2. The molecule has 11 nitrogen and oxygen atoms in total. The molecule has 0 saturated carbocycles. The molecular weight excluding hydrogens is 262 g/mol. The van der Waals surface area contributed by atoms with Gasteiger partial charge in [-0.25, -0.2) is 15.0 Å². The van der Waals surface area contributed by atoms with Crippen molar-refractivity contribution in [2.24, 2.45) is 0 Å². The predicted molar refractivity (Wildman–Crippen MR) is 65.2 cm³/mol. The van der Waals surface area contributed by atoms with Gasteiger partial charge in [-0.1, -0.05) is 0 Å². The van der Waals surface area contributed by atoms with E-state index in [2.05, 4.69) is 50.3 Å². The van der Waals surface area contributed by atoms with Crippen molar-refractivity contribution in [2.45, 2.75) is 0 Å². The highest BCUT2D eigenvalue weighted by atomic mass is 15.6. The third-order valence-electron chi connectivity index (χ3n) is 2.06. The van der Waals surface area contributed by atoms with Crippen LogP contribution in [0.25, 0.3) is 0 Å². The number of hydrazine groups is 1. The smallest absolute Gasteiger partial charge is 0.255 e. The lowest BCUT2D eigenvalue weighted by Crippen LogP contribution is -2.29. The summed E-state index contributed by atoms with van der Waals surface area (Å²) in [5, 5.41) is 1.40. The quantitative estimate of drug-likeness (QED) is 0.609. The van der Waals surface area contributed by atoms with Crippen molar-refractivity contribution in [3.05, 3.63) is 38.0 Å². The van der Waals surface area contributed by atoms with Crippen LogP contribution in [0.3, 0.4) is 0 Å². The molecule has 3 aromatic heterocycles. The van der Waals surface area contributed by atoms with Crippen molar-refractivity contribution in [2.75, 3.05) is 10.4 Å². The molecule has 0 spiro atoms. The Hall–Kier alpha value is -3.37. The summed E-state index contributed by atoms with van der Waals surface area (Å²) >= 11 is 0. The van der Waals surface area contributed by atoms with Crippen LogP contribution in [-0.2, 0) is 0 Å². The molecule has 20 heavy (non-hydrogen) atoms. The van der Waals surface area contributed by atoms with Crippen LogP contribution in [0.4, 0.5) is 17.8 Å². The molecule has 0 fully saturated rings. The van der Waals surface area contributed by atoms with Crippen LogP contribution in [-0.4, -0.2) is 44.9 Å². The highest BCUT2D eigenvalue weighted by Crippen LogP contribution is 2.15. The summed E-state index contributed by atoms with van der Waals surface area (Å²) in [6.07, 6.45) is 8.12. The maximum absolute atomic E-state index is 4.02. The van der Waals surface area contributed by atoms with E-state index < -0.39 is 0 Å². The molecule has 3 aromatic rings. The maximum Gasteiger partial charge on any atom is 0.255 e. The van der Waals surface area contributed by atoms with E-state index in [1.165, 1.54) is 43.0 Å². The lowest BCUT2D eigenvalue weighted by atomic mass is 10.7. The Morgan fingerprint density at radius 3 is 1.45 bits per heavy atom. The minimum Gasteiger partial charge on any atom is -0.255 e. The average Bonchev–Trinajstić information content (AvgIpc) is 2.55. The Kier molecular flexibility index (Phi) is 3.23. The first-order chi connectivity index (χ1) is 9.93. The molecule has 0 radical (unpaired) electrons. The number of aromatic nitrogens is 9. The molecule has 0 aromatic carbocycles. The zero-order chi connectivity index (χ0) is 13.6. The van der Waals surface area contributed by atoms with E-state index in [9.17, 15) is 0 Å². The van der Waals surface area contributed by atoms with Crippen LogP contribution >= 0.6 is 0 Å². The second kappa shape index (κ2) is 5.51. The highest BCUT2D eigenvalue weighted by Gasteiger charge is 2.15. The molecule has 0 unspecified atom stereocenters. The third-order valence-corrected chi connectivity index (χ3v) is 2.06. The van der Waals surface area contributed by atoms with Gasteiger partial charge in [-0.3, -0.25) is 5.43 Å². The molecule has 98 valence electrons. The average molecular weight is 269 g/mol. The molecule has 1 N–H and O–H groups in total. The minimum absolute atomic E-state index is 0.284. The van der Waals surface area contributed by atoms with E-state index >= 15 is 0 Å². The fourth-order valence-corrected chi connectivity index (χ4v) is 1.28. The lowest BCUT2D eigenvalue weighted by molar-refractivity contribution is 0.894. The summed E-state index contributed by atoms with van der Waals surface area (Å²) in [6.45, 7) is 0. The first kappa shape index (κ1) is 11.7. The van der Waals surface area contributed by atoms with Crippen LogP contribution in [0.2, 0.25) is 0 Å². The van der Waals surface area contributed by atoms with Crippen molar-refractivity contribution >= 4 is 17.8 Å². The molecule has 3 rings (SSSR count). The Bertz CT molecular complexity index is 607. The van der Waals surface area contributed by atoms with E-state index in [1.54, 1.807) is 0 Å². The molecule has 11 heteroatoms. The van der Waals surface area contributed by atoms with Crippen molar-refractivity contribution in [1.82, 2.24) is 44.9 Å². The molecule has 0 amide bonds. The normalized spacial score (nSPS) is 10.0. The lowest BCUT2D eigenvalue weighted by Gasteiger charge is -2.19. The number of anilines is 3. The minimum atomic E-state index is 0.284. The van der Waals surface area contributed by atoms with Gasteiger partial charge in [0.15, 0.2) is 0 Å². The van der Waals surface area contributed by atoms with Gasteiger partial charge in [-0.15, -0.1) is 0 Å². The SMILES string of the molecule is c1ncnc(NN(c2ncncn2)c2ncncn2)n1. The van der Waals surface area contributed by atoms with E-state index in [4.69, 9.17) is 0 Å². The monoisotopic (exact) mass is 269 g/mol. The first-order valence-corrected chi connectivity index (χ1v) is 5.36. The van der Waals surface area contributed by atoms with Crippen molar-refractivity contribution in [3.63, 3.8) is 0 Å². The van der Waals surface area contributed by atoms with Gasteiger partial charge in [0.2, 0.25) is 5.95 Å². The molecule has 0 aliphatic rings. The van der Waals surface area contributed by atoms with Gasteiger partial charge in [0, 0.05) is 0 Å². The largest absolute Gasteiger partial charge is 0.255 e. The zero-order valence-electron chi connectivity index (χ0n) is 9.94. The molecular formula is C9H7N11. The van der Waals surface area contributed by atoms with Crippen LogP contribution in [0.15, 0.2) is 38.0 Å². The van der Waals surface area contributed by atoms with Crippen molar-refractivity contribution < 1.29 is 0 Å². The van der Waals surface area contributed by atoms with E-state index in [-0.39, 0.29) is 11.9 Å². The number of hydrogen-bond donors (Lipinski definition) is 1. The maximum atomic E-state index is 4.02. The van der Waals surface area contributed by atoms with Gasteiger partial charge < -0.3 is 0 Å². The van der Waals surface area contributed by atoms with E-state index in [1.807, 2.05) is 0 Å². The fourth-order valence-electron chi connectivity index (χ4n) is 1.28. The van der Waals surface area contributed by atoms with Gasteiger partial charge in [-0.05, 0) is 0 Å². The number of nitrogens with zero attached hydrogens (tertiary/aromatic N) is 10. The first-order valence-electron chi connectivity index (χ1n) is 5.36. The molecule has 0 saturated heterocycles. The van der Waals surface area contributed by atoms with Gasteiger partial charge in [0.1, 0.15) is 38.0 Å². The summed E-state index contributed by atoms with van der Waals surface area (Å²) in [6, 6.07) is 0. The summed E-state index contributed by atoms with van der Waals surface area (Å²) in [5.41, 5.74) is 2.88. The summed E-state index contributed by atoms with van der Waals surface area (Å²) in [7, 11) is 0. The van der Waals surface area contributed by atoms with Crippen molar-refractivity contribution in [3.8, 4) is 0 Å². The Balaban J connectivity index is 1.96. The Morgan fingerprint density at radius 2 is 1.00 bits per heavy atom. The fraction of sp³-hybridized carbons (Fsp3) is 0. The van der Waals surface area contributed by atoms with E-state index in [0.29, 0.717) is 5.95 Å². The number of nitrogens with one attached hydrogen (secondary N) is 1. The van der Waals surface area contributed by atoms with Crippen LogP contribution < -0.4 is 10.4 Å². The van der Waals surface area contributed by atoms with Crippen LogP contribution in [0.5, 0.6) is 0 Å². The van der Waals surface area contributed by atoms with Crippen LogP contribution in [0, 0.1) is 0 Å². The highest BCUT2D eigenvalue weighted by molar-refractivity contribution is 5.52. The topological polar surface area (TPSA) is 131 Å². The molecule has 0 aliphatic carbocycles. The molecule has 3 heterocycles. The summed E-state index contributed by atoms with van der Waals surface area (Å²) < 4.78 is 0. The van der Waals surface area contributed by atoms with Crippen molar-refractivity contribution in [1.29, 1.82) is 0 Å². The standard InChI is InChI=1S/C9H7N11/c1-10-2-14-7(13-1)19-20(8-15-3-11-4-16-8)9-17-5-12-6-18-9/h1-6H,(H,10,13,14,19).